The molecule has 0 saturated carbocycles. The first-order chi connectivity index (χ1) is 6.11. The van der Waals surface area contributed by atoms with Crippen LogP contribution < -0.4 is 0 Å². The molecule has 0 rings (SSSR count). The highest BCUT2D eigenvalue weighted by Gasteiger charge is 2.19. The van der Waals surface area contributed by atoms with Crippen molar-refractivity contribution in [1.29, 1.82) is 0 Å². The SMILES string of the molecule is CCCC(COC(C)=O)C(=O)OC. The number of esters is 2. The zero-order chi connectivity index (χ0) is 10.3. The Bertz CT molecular complexity index is 176. The molecule has 13 heavy (non-hydrogen) atoms. The van der Waals surface area contributed by atoms with Gasteiger partial charge >= 0.3 is 11.9 Å². The molecule has 0 fully saturated rings. The van der Waals surface area contributed by atoms with E-state index in [4.69, 9.17) is 4.74 Å². The lowest BCUT2D eigenvalue weighted by atomic mass is 10.1. The molecule has 0 spiro atoms. The van der Waals surface area contributed by atoms with Crippen LogP contribution in [0.15, 0.2) is 0 Å². The van der Waals surface area contributed by atoms with Crippen LogP contribution in [0.3, 0.4) is 0 Å². The van der Waals surface area contributed by atoms with Crippen molar-refractivity contribution < 1.29 is 19.1 Å². The largest absolute Gasteiger partial charge is 0.469 e. The summed E-state index contributed by atoms with van der Waals surface area (Å²) in [6.07, 6.45) is 1.54. The third kappa shape index (κ3) is 5.22. The lowest BCUT2D eigenvalue weighted by Gasteiger charge is -2.12. The Kier molecular flexibility index (Phi) is 5.93. The van der Waals surface area contributed by atoms with Crippen LogP contribution in [0.25, 0.3) is 0 Å². The van der Waals surface area contributed by atoms with Gasteiger partial charge in [-0.3, -0.25) is 9.59 Å². The van der Waals surface area contributed by atoms with Crippen LogP contribution in [-0.4, -0.2) is 25.7 Å². The first-order valence-corrected chi connectivity index (χ1v) is 4.33. The summed E-state index contributed by atoms with van der Waals surface area (Å²) in [4.78, 5) is 21.6. The van der Waals surface area contributed by atoms with Gasteiger partial charge in [0.2, 0.25) is 0 Å². The predicted molar refractivity (Wildman–Crippen MR) is 47.0 cm³/mol. The maximum atomic E-state index is 11.1. The summed E-state index contributed by atoms with van der Waals surface area (Å²) in [6, 6.07) is 0. The molecule has 0 radical (unpaired) electrons. The number of carbonyl (C=O) groups is 2. The summed E-state index contributed by atoms with van der Waals surface area (Å²) in [5.41, 5.74) is 0. The Balaban J connectivity index is 3.93. The fourth-order valence-electron chi connectivity index (χ4n) is 1.00. The Hall–Kier alpha value is -1.06. The summed E-state index contributed by atoms with van der Waals surface area (Å²) in [5.74, 6) is -1.01. The lowest BCUT2D eigenvalue weighted by molar-refractivity contribution is -0.152. The third-order valence-corrected chi connectivity index (χ3v) is 1.66. The topological polar surface area (TPSA) is 52.6 Å². The standard InChI is InChI=1S/C9H16O4/c1-4-5-8(9(11)12-3)6-13-7(2)10/h8H,4-6H2,1-3H3. The Morgan fingerprint density at radius 3 is 2.38 bits per heavy atom. The van der Waals surface area contributed by atoms with Gasteiger partial charge < -0.3 is 9.47 Å². The predicted octanol–water partition coefficient (Wildman–Crippen LogP) is 1.14. The van der Waals surface area contributed by atoms with Crippen molar-refractivity contribution in [1.82, 2.24) is 0 Å². The van der Waals surface area contributed by atoms with Crippen LogP contribution in [0, 0.1) is 5.92 Å². The molecule has 0 aliphatic rings. The van der Waals surface area contributed by atoms with Crippen LogP contribution >= 0.6 is 0 Å². The zero-order valence-electron chi connectivity index (χ0n) is 8.33. The van der Waals surface area contributed by atoms with Gasteiger partial charge in [-0.25, -0.2) is 0 Å². The van der Waals surface area contributed by atoms with E-state index in [-0.39, 0.29) is 24.5 Å². The van der Waals surface area contributed by atoms with E-state index >= 15 is 0 Å². The maximum Gasteiger partial charge on any atom is 0.312 e. The molecule has 0 bridgehead atoms. The van der Waals surface area contributed by atoms with Crippen LogP contribution in [-0.2, 0) is 19.1 Å². The van der Waals surface area contributed by atoms with Crippen LogP contribution in [0.1, 0.15) is 26.7 Å². The average molecular weight is 188 g/mol. The van der Waals surface area contributed by atoms with Gasteiger partial charge in [0.15, 0.2) is 0 Å². The van der Waals surface area contributed by atoms with E-state index in [0.717, 1.165) is 6.42 Å². The molecule has 0 aromatic carbocycles. The van der Waals surface area contributed by atoms with Crippen molar-refractivity contribution in [2.24, 2.45) is 5.92 Å². The number of methoxy groups -OCH3 is 1. The molecule has 1 unspecified atom stereocenters. The van der Waals surface area contributed by atoms with Crippen LogP contribution in [0.2, 0.25) is 0 Å². The number of hydrogen-bond donors (Lipinski definition) is 0. The summed E-state index contributed by atoms with van der Waals surface area (Å²) in [6.45, 7) is 3.40. The van der Waals surface area contributed by atoms with E-state index < -0.39 is 0 Å². The van der Waals surface area contributed by atoms with E-state index in [1.54, 1.807) is 0 Å². The molecule has 4 nitrogen and oxygen atoms in total. The number of carbonyl (C=O) groups excluding carboxylic acids is 2. The smallest absolute Gasteiger partial charge is 0.312 e. The molecular formula is C9H16O4. The van der Waals surface area contributed by atoms with Gasteiger partial charge in [-0.1, -0.05) is 13.3 Å². The Morgan fingerprint density at radius 1 is 1.38 bits per heavy atom. The summed E-state index contributed by atoms with van der Waals surface area (Å²) in [7, 11) is 1.33. The molecule has 0 N–H and O–H groups in total. The van der Waals surface area contributed by atoms with Crippen molar-refractivity contribution >= 4 is 11.9 Å². The molecule has 0 aliphatic heterocycles. The van der Waals surface area contributed by atoms with Crippen molar-refractivity contribution in [3.63, 3.8) is 0 Å². The fraction of sp³-hybridized carbons (Fsp3) is 0.778. The fourth-order valence-corrected chi connectivity index (χ4v) is 1.00. The highest BCUT2D eigenvalue weighted by molar-refractivity contribution is 5.73. The molecule has 0 aromatic heterocycles. The van der Waals surface area contributed by atoms with Crippen LogP contribution in [0.5, 0.6) is 0 Å². The molecule has 1 atom stereocenters. The second-order valence-corrected chi connectivity index (χ2v) is 2.81. The maximum absolute atomic E-state index is 11.1. The molecule has 0 amide bonds. The Morgan fingerprint density at radius 2 is 2.00 bits per heavy atom. The minimum absolute atomic E-state index is 0.121. The molecule has 0 heterocycles. The number of ether oxygens (including phenoxy) is 2. The van der Waals surface area contributed by atoms with E-state index in [9.17, 15) is 9.59 Å². The van der Waals surface area contributed by atoms with Gasteiger partial charge in [0, 0.05) is 6.92 Å². The minimum Gasteiger partial charge on any atom is -0.469 e. The zero-order valence-corrected chi connectivity index (χ0v) is 8.33. The quantitative estimate of drug-likeness (QED) is 0.607. The summed E-state index contributed by atoms with van der Waals surface area (Å²) in [5, 5.41) is 0. The van der Waals surface area contributed by atoms with E-state index in [1.165, 1.54) is 14.0 Å². The highest BCUT2D eigenvalue weighted by atomic mass is 16.5. The van der Waals surface area contributed by atoms with Crippen molar-refractivity contribution in [2.75, 3.05) is 13.7 Å². The molecule has 76 valence electrons. The average Bonchev–Trinajstić information content (AvgIpc) is 2.10. The third-order valence-electron chi connectivity index (χ3n) is 1.66. The molecule has 0 aliphatic carbocycles. The minimum atomic E-state index is -0.370. The summed E-state index contributed by atoms with van der Waals surface area (Å²) >= 11 is 0. The summed E-state index contributed by atoms with van der Waals surface area (Å²) < 4.78 is 9.31. The van der Waals surface area contributed by atoms with Crippen molar-refractivity contribution in [3.05, 3.63) is 0 Å². The van der Waals surface area contributed by atoms with Gasteiger partial charge in [0.05, 0.1) is 13.0 Å². The molecule has 4 heteroatoms. The van der Waals surface area contributed by atoms with Crippen molar-refractivity contribution in [2.45, 2.75) is 26.7 Å². The van der Waals surface area contributed by atoms with Crippen molar-refractivity contribution in [3.8, 4) is 0 Å². The second kappa shape index (κ2) is 6.46. The van der Waals surface area contributed by atoms with Gasteiger partial charge in [0.1, 0.15) is 6.61 Å². The monoisotopic (exact) mass is 188 g/mol. The van der Waals surface area contributed by atoms with E-state index in [2.05, 4.69) is 4.74 Å². The van der Waals surface area contributed by atoms with E-state index in [1.807, 2.05) is 6.92 Å². The normalized spacial score (nSPS) is 11.9. The first-order valence-electron chi connectivity index (χ1n) is 4.33. The first kappa shape index (κ1) is 11.9. The van der Waals surface area contributed by atoms with Gasteiger partial charge in [-0.15, -0.1) is 0 Å². The second-order valence-electron chi connectivity index (χ2n) is 2.81. The number of hydrogen-bond acceptors (Lipinski definition) is 4. The highest BCUT2D eigenvalue weighted by Crippen LogP contribution is 2.08. The van der Waals surface area contributed by atoms with E-state index in [0.29, 0.717) is 6.42 Å². The van der Waals surface area contributed by atoms with Gasteiger partial charge in [-0.05, 0) is 6.42 Å². The van der Waals surface area contributed by atoms with Crippen LogP contribution in [0.4, 0.5) is 0 Å². The van der Waals surface area contributed by atoms with Gasteiger partial charge in [0.25, 0.3) is 0 Å². The number of rotatable bonds is 5. The molecule has 0 saturated heterocycles. The van der Waals surface area contributed by atoms with Gasteiger partial charge in [-0.2, -0.15) is 0 Å². The molecule has 0 aromatic rings. The Labute approximate surface area is 78.2 Å². The molecular weight excluding hydrogens is 172 g/mol. The lowest BCUT2D eigenvalue weighted by Crippen LogP contribution is -2.22.